The molecule has 35 nitrogen and oxygen atoms in total. The number of piperidine rings is 5. The number of amides is 4. The number of hydrogen-bond acceptors (Lipinski definition) is 24. The first-order valence-electron chi connectivity index (χ1n) is 48.5. The minimum atomic E-state index is -4.60. The fourth-order valence-electron chi connectivity index (χ4n) is 20.1. The van der Waals surface area contributed by atoms with E-state index in [2.05, 4.69) is 57.8 Å². The van der Waals surface area contributed by atoms with Gasteiger partial charge in [-0.25, -0.2) is 68.1 Å². The van der Waals surface area contributed by atoms with Gasteiger partial charge in [0.1, 0.15) is 40.5 Å². The van der Waals surface area contributed by atoms with Crippen LogP contribution in [-0.4, -0.2) is 235 Å². The van der Waals surface area contributed by atoms with Crippen molar-refractivity contribution in [2.24, 2.45) is 11.7 Å². The van der Waals surface area contributed by atoms with Crippen molar-refractivity contribution in [3.05, 3.63) is 211 Å². The zero-order valence-corrected chi connectivity index (χ0v) is 83.4. The fraction of sp³-hybridized carbons (Fsp3) is 0.480. The number of rotatable bonds is 20. The minimum absolute atomic E-state index is 0.0192. The highest BCUT2D eigenvalue weighted by Crippen LogP contribution is 2.44. The fourth-order valence-corrected chi connectivity index (χ4v) is 22.0. The second kappa shape index (κ2) is 40.5. The molecule has 4 amide bonds. The zero-order chi connectivity index (χ0) is 99.4. The molecule has 3 aromatic carbocycles. The van der Waals surface area contributed by atoms with Gasteiger partial charge in [0.05, 0.1) is 99.5 Å². The van der Waals surface area contributed by atoms with Gasteiger partial charge in [-0.2, -0.15) is 38.1 Å². The minimum Gasteiger partial charge on any atom is -0.356 e. The summed E-state index contributed by atoms with van der Waals surface area (Å²) in [7, 11) is -10.8. The predicted octanol–water partition coefficient (Wildman–Crippen LogP) is 15.0. The molecular formula is C98H118ClF4N25O10S3. The number of anilines is 7. The van der Waals surface area contributed by atoms with Crippen LogP contribution in [0, 0.1) is 39.4 Å². The number of nitrogens with two attached hydrogens (primary N) is 1. The third kappa shape index (κ3) is 22.6. The molecule has 0 spiro atoms. The third-order valence-corrected chi connectivity index (χ3v) is 29.6. The molecule has 1 aliphatic carbocycles. The Morgan fingerprint density at radius 1 is 0.440 bits per heavy atom. The summed E-state index contributed by atoms with van der Waals surface area (Å²) in [4.78, 5) is 93.4. The van der Waals surface area contributed by atoms with Crippen LogP contribution >= 0.6 is 11.6 Å². The van der Waals surface area contributed by atoms with E-state index in [4.69, 9.17) is 57.7 Å². The van der Waals surface area contributed by atoms with Gasteiger partial charge in [0.15, 0.2) is 22.6 Å². The Labute approximate surface area is 821 Å². The summed E-state index contributed by atoms with van der Waals surface area (Å²) < 4.78 is 139. The number of alkyl halides is 3. The Morgan fingerprint density at radius 2 is 0.943 bits per heavy atom. The molecule has 8 saturated heterocycles. The lowest BCUT2D eigenvalue weighted by Gasteiger charge is -2.35. The number of nitrogens with one attached hydrogen (secondary N) is 3. The number of likely N-dealkylation sites (tertiary alicyclic amines) is 4. The molecule has 6 atom stereocenters. The summed E-state index contributed by atoms with van der Waals surface area (Å²) in [5.41, 5.74) is 17.2. The Bertz CT molecular complexity index is 7150. The number of pyridine rings is 1. The average molecular weight is 2010 g/mol. The molecule has 17 heterocycles. The summed E-state index contributed by atoms with van der Waals surface area (Å²) in [6.45, 7) is 19.8. The number of hydrogen-bond donors (Lipinski definition) is 4. The number of aromatic nitrogens is 13. The van der Waals surface area contributed by atoms with Crippen LogP contribution in [0.1, 0.15) is 257 Å². The summed E-state index contributed by atoms with van der Waals surface area (Å²) >= 11 is 6.25. The molecule has 43 heteroatoms. The van der Waals surface area contributed by atoms with Gasteiger partial charge in [-0.15, -0.1) is 0 Å². The van der Waals surface area contributed by atoms with Gasteiger partial charge in [-0.3, -0.25) is 33.3 Å². The van der Waals surface area contributed by atoms with Gasteiger partial charge >= 0.3 is 6.18 Å². The van der Waals surface area contributed by atoms with Crippen molar-refractivity contribution >= 4 is 128 Å². The van der Waals surface area contributed by atoms with Crippen LogP contribution in [0.3, 0.4) is 0 Å². The van der Waals surface area contributed by atoms with Gasteiger partial charge in [0.2, 0.25) is 30.1 Å². The summed E-state index contributed by atoms with van der Waals surface area (Å²) in [5, 5.41) is 19.7. The van der Waals surface area contributed by atoms with E-state index in [9.17, 15) is 62.0 Å². The normalized spacial score (nSPS) is 20.3. The van der Waals surface area contributed by atoms with Gasteiger partial charge < -0.3 is 44.9 Å². The Balaban J connectivity index is 0.000000125. The average Bonchev–Trinajstić information content (AvgIpc) is 1.63. The quantitative estimate of drug-likeness (QED) is 0.0407. The topological polar surface area (TPSA) is 392 Å². The standard InChI is InChI=1S/C27H35ClN8O3S.C25H29F3N6O.C24H29N5O3S.C22H25FN6O3S/c1-40(38,39)32-21-9-8-18(28)14-20(21)27(37)35-13-3-2-7-23(35)22-15-25-30-24(33-11-5-12-33)16-26(36(25)31-22)34-10-4-6-19(29)17-34;1-3-17-10-12-32(15-17)23-16(2)14-34-22(30-23)13-19(31-34)20-8-4-5-11-33(20)24(35)18-7-6-9-21(29-18)25(26,27)28;1-15-7-10-18(20(12-15)27-33(3,31)32)24(30)28-11-5-4-6-22(28)21-14-23-25-19(17-8-9-17)13-16(2)29(23)26-21;1-14-11-20(27-9-10-27)24-21-13-18(25-29(14)21)19-5-3-4-8-28(19)22(30)16-12-15(23)6-7-17(16)26-33(2,31)32/h8-9,14-16,19,23,32H,2-7,10-13,17,29H2,1H3;6-7,9,13-14,17,20H,3-5,8,10-12,15H2,1-2H3;7,10,12-14,17,22,27H,4-6,8-9,11H2,1-3H3;6-7,11-13,19,26H,3-5,8-10H2,1-2H3/t19?,23-;17-,20-;22-;19-/m0000/s1. The molecular weight excluding hydrogens is 1890 g/mol. The molecule has 9 aromatic heterocycles. The van der Waals surface area contributed by atoms with Crippen molar-refractivity contribution in [3.63, 3.8) is 0 Å². The number of carbonyl (C=O) groups excluding carboxylic acids is 4. The van der Waals surface area contributed by atoms with E-state index in [1.54, 1.807) is 41.9 Å². The van der Waals surface area contributed by atoms with Crippen LogP contribution in [0.4, 0.5) is 57.9 Å². The molecule has 8 aliphatic heterocycles. The highest BCUT2D eigenvalue weighted by molar-refractivity contribution is 7.92. The molecule has 141 heavy (non-hydrogen) atoms. The third-order valence-electron chi connectivity index (χ3n) is 27.6. The van der Waals surface area contributed by atoms with Crippen LogP contribution in [0.15, 0.2) is 121 Å². The second-order valence-electron chi connectivity index (χ2n) is 38.6. The van der Waals surface area contributed by atoms with Crippen molar-refractivity contribution in [3.8, 4) is 0 Å². The van der Waals surface area contributed by atoms with Crippen LogP contribution in [0.25, 0.3) is 22.6 Å². The maximum atomic E-state index is 14.0. The maximum Gasteiger partial charge on any atom is 0.433 e. The van der Waals surface area contributed by atoms with E-state index in [0.29, 0.717) is 78.5 Å². The van der Waals surface area contributed by atoms with E-state index in [1.807, 2.05) is 84.2 Å². The molecule has 9 aliphatic rings. The smallest absolute Gasteiger partial charge is 0.356 e. The van der Waals surface area contributed by atoms with Crippen LogP contribution in [-0.2, 0) is 36.2 Å². The first-order chi connectivity index (χ1) is 67.3. The van der Waals surface area contributed by atoms with Gasteiger partial charge in [0.25, 0.3) is 23.6 Å². The molecule has 5 N–H and O–H groups in total. The number of sulfonamides is 3. The van der Waals surface area contributed by atoms with E-state index < -0.39 is 59.6 Å². The van der Waals surface area contributed by atoms with E-state index >= 15 is 0 Å². The zero-order valence-electron chi connectivity index (χ0n) is 80.2. The van der Waals surface area contributed by atoms with Crippen LogP contribution in [0.5, 0.6) is 0 Å². The summed E-state index contributed by atoms with van der Waals surface area (Å²) in [6.07, 6.45) is 18.4. The molecule has 9 fully saturated rings. The Hall–Kier alpha value is -12.4. The molecule has 748 valence electrons. The highest BCUT2D eigenvalue weighted by Gasteiger charge is 2.41. The van der Waals surface area contributed by atoms with Crippen molar-refractivity contribution in [2.45, 2.75) is 199 Å². The molecule has 12 aromatic rings. The number of aryl methyl sites for hydroxylation is 4. The van der Waals surface area contributed by atoms with Crippen molar-refractivity contribution < 1.29 is 62.0 Å². The number of benzene rings is 3. The SMILES string of the molecule is CC[C@H]1CCN(c2nc3cc([C@@H]4CCCCN4C(=O)c4cccc(C(F)(F)F)n4)nn3cc2C)C1.CS(=O)(=O)Nc1ccc(Cl)cc1C(=O)N1CCCC[C@H]1c1cc2nc(N3CCC3)cc(N3CCCC(N)C3)n2n1.Cc1cc(N2CC2)nc2cc([C@@H]3CCCCN3C(=O)c3cc(F)ccc3NS(C)(=O)=O)nn12.Cc1ccc(C(=O)N2CCCC[C@H]2c2cc3nc(C4CC4)cc(C)n3n2)c(NS(C)(=O)=O)c1. The Morgan fingerprint density at radius 3 is 1.48 bits per heavy atom. The van der Waals surface area contributed by atoms with Gasteiger partial charge in [-0.05, 0) is 221 Å². The lowest BCUT2D eigenvalue weighted by atomic mass is 9.97. The van der Waals surface area contributed by atoms with Crippen molar-refractivity contribution in [2.75, 3.05) is 131 Å². The van der Waals surface area contributed by atoms with Crippen molar-refractivity contribution in [1.82, 2.24) is 83.0 Å². The number of fused-ring (bicyclic) bond motifs is 4. The van der Waals surface area contributed by atoms with Crippen LogP contribution < -0.4 is 39.5 Å². The lowest BCUT2D eigenvalue weighted by Crippen LogP contribution is -2.44. The summed E-state index contributed by atoms with van der Waals surface area (Å²) in [6, 6.07) is 29.8. The number of halogens is 5. The van der Waals surface area contributed by atoms with Crippen LogP contribution in [0.2, 0.25) is 5.02 Å². The first-order valence-corrected chi connectivity index (χ1v) is 54.5. The summed E-state index contributed by atoms with van der Waals surface area (Å²) in [5.74, 6) is 2.99. The number of nitrogens with zero attached hydrogens (tertiary/aromatic N) is 21. The van der Waals surface area contributed by atoms with E-state index in [0.717, 1.165) is 271 Å². The lowest BCUT2D eigenvalue weighted by molar-refractivity contribution is -0.141. The molecule has 1 saturated carbocycles. The van der Waals surface area contributed by atoms with Gasteiger partial charge in [-0.1, -0.05) is 37.1 Å². The second-order valence-corrected chi connectivity index (χ2v) is 44.3. The predicted molar refractivity (Wildman–Crippen MR) is 531 cm³/mol. The van der Waals surface area contributed by atoms with E-state index in [1.165, 1.54) is 43.2 Å². The molecule has 1 unspecified atom stereocenters. The van der Waals surface area contributed by atoms with E-state index in [-0.39, 0.29) is 70.2 Å². The van der Waals surface area contributed by atoms with Gasteiger partial charge in [0, 0.05) is 161 Å². The molecule has 0 radical (unpaired) electrons. The maximum absolute atomic E-state index is 14.0. The van der Waals surface area contributed by atoms with Crippen molar-refractivity contribution in [1.29, 1.82) is 0 Å². The number of carbonyl (C=O) groups is 4. The highest BCUT2D eigenvalue weighted by atomic mass is 35.5. The Kier molecular flexibility index (Phi) is 28.4. The largest absolute Gasteiger partial charge is 0.433 e. The molecule has 21 rings (SSSR count). The first kappa shape index (κ1) is 98.8. The molecule has 0 bridgehead atoms. The monoisotopic (exact) mass is 2010 g/mol.